The standard InChI is InChI=1S/C16H23BrN2O/c1-4-5-16(6-7-18-10-16)15(20)19-13-8-11(2)14(17)12(3)9-13/h8-9,18H,4-7,10H2,1-3H3,(H,19,20). The van der Waals surface area contributed by atoms with E-state index in [-0.39, 0.29) is 11.3 Å². The van der Waals surface area contributed by atoms with Crippen LogP contribution < -0.4 is 10.6 Å². The number of benzene rings is 1. The zero-order chi connectivity index (χ0) is 14.8. The summed E-state index contributed by atoms with van der Waals surface area (Å²) in [5, 5.41) is 6.45. The first-order valence-corrected chi connectivity index (χ1v) is 8.07. The van der Waals surface area contributed by atoms with Crippen LogP contribution in [0, 0.1) is 19.3 Å². The third-order valence-electron chi connectivity index (χ3n) is 4.15. The number of carbonyl (C=O) groups excluding carboxylic acids is 1. The first-order chi connectivity index (χ1) is 9.48. The van der Waals surface area contributed by atoms with Crippen molar-refractivity contribution in [3.8, 4) is 0 Å². The lowest BCUT2D eigenvalue weighted by atomic mass is 9.81. The van der Waals surface area contributed by atoms with Gasteiger partial charge in [0.05, 0.1) is 5.41 Å². The molecule has 0 radical (unpaired) electrons. The largest absolute Gasteiger partial charge is 0.326 e. The molecule has 0 spiro atoms. The quantitative estimate of drug-likeness (QED) is 0.876. The normalized spacial score (nSPS) is 22.0. The second kappa shape index (κ2) is 6.27. The molecule has 0 aliphatic carbocycles. The molecule has 1 aliphatic heterocycles. The molecule has 1 heterocycles. The molecule has 1 fully saturated rings. The van der Waals surface area contributed by atoms with Gasteiger partial charge < -0.3 is 10.6 Å². The number of rotatable bonds is 4. The Balaban J connectivity index is 2.18. The summed E-state index contributed by atoms with van der Waals surface area (Å²) in [5.41, 5.74) is 2.96. The lowest BCUT2D eigenvalue weighted by Gasteiger charge is -2.26. The molecule has 3 nitrogen and oxygen atoms in total. The van der Waals surface area contributed by atoms with Crippen molar-refractivity contribution in [1.82, 2.24) is 5.32 Å². The molecule has 0 saturated carbocycles. The van der Waals surface area contributed by atoms with Crippen LogP contribution in [0.25, 0.3) is 0 Å². The summed E-state index contributed by atoms with van der Waals surface area (Å²) in [5.74, 6) is 0.158. The SMILES string of the molecule is CCCC1(C(=O)Nc2cc(C)c(Br)c(C)c2)CCNC1. The number of nitrogens with one attached hydrogen (secondary N) is 2. The third-order valence-corrected chi connectivity index (χ3v) is 5.40. The van der Waals surface area contributed by atoms with Crippen molar-refractivity contribution >= 4 is 27.5 Å². The Morgan fingerprint density at radius 1 is 1.40 bits per heavy atom. The van der Waals surface area contributed by atoms with Crippen molar-refractivity contribution in [2.75, 3.05) is 18.4 Å². The van der Waals surface area contributed by atoms with E-state index in [1.807, 2.05) is 26.0 Å². The van der Waals surface area contributed by atoms with E-state index < -0.39 is 0 Å². The predicted octanol–water partition coefficient (Wildman–Crippen LogP) is 3.78. The molecule has 0 aromatic heterocycles. The second-order valence-electron chi connectivity index (χ2n) is 5.84. The maximum atomic E-state index is 12.7. The van der Waals surface area contributed by atoms with Gasteiger partial charge in [0.25, 0.3) is 0 Å². The molecule has 2 N–H and O–H groups in total. The maximum Gasteiger partial charge on any atom is 0.231 e. The Hall–Kier alpha value is -0.870. The van der Waals surface area contributed by atoms with Crippen molar-refractivity contribution in [1.29, 1.82) is 0 Å². The van der Waals surface area contributed by atoms with Crippen LogP contribution >= 0.6 is 15.9 Å². The van der Waals surface area contributed by atoms with Gasteiger partial charge in [-0.25, -0.2) is 0 Å². The van der Waals surface area contributed by atoms with Crippen LogP contribution in [-0.4, -0.2) is 19.0 Å². The number of carbonyl (C=O) groups is 1. The van der Waals surface area contributed by atoms with Crippen molar-refractivity contribution in [2.45, 2.75) is 40.0 Å². The Bertz CT molecular complexity index is 484. The second-order valence-corrected chi connectivity index (χ2v) is 6.63. The van der Waals surface area contributed by atoms with Crippen LogP contribution in [0.4, 0.5) is 5.69 Å². The lowest BCUT2D eigenvalue weighted by molar-refractivity contribution is -0.125. The first kappa shape index (κ1) is 15.5. The topological polar surface area (TPSA) is 41.1 Å². The van der Waals surface area contributed by atoms with E-state index in [1.54, 1.807) is 0 Å². The average Bonchev–Trinajstić information content (AvgIpc) is 2.86. The molecule has 1 atom stereocenters. The van der Waals surface area contributed by atoms with E-state index >= 15 is 0 Å². The van der Waals surface area contributed by atoms with Crippen LogP contribution in [0.2, 0.25) is 0 Å². The summed E-state index contributed by atoms with van der Waals surface area (Å²) in [4.78, 5) is 12.7. The van der Waals surface area contributed by atoms with Gasteiger partial charge in [-0.1, -0.05) is 29.3 Å². The van der Waals surface area contributed by atoms with Crippen molar-refractivity contribution in [3.63, 3.8) is 0 Å². The highest BCUT2D eigenvalue weighted by Gasteiger charge is 2.40. The van der Waals surface area contributed by atoms with Gasteiger partial charge in [0.1, 0.15) is 0 Å². The summed E-state index contributed by atoms with van der Waals surface area (Å²) < 4.78 is 1.11. The number of aryl methyl sites for hydroxylation is 2. The highest BCUT2D eigenvalue weighted by molar-refractivity contribution is 9.10. The Morgan fingerprint density at radius 3 is 2.55 bits per heavy atom. The zero-order valence-corrected chi connectivity index (χ0v) is 14.1. The molecule has 0 bridgehead atoms. The molecular formula is C16H23BrN2O. The molecule has 4 heteroatoms. The van der Waals surface area contributed by atoms with Crippen molar-refractivity contribution in [2.24, 2.45) is 5.41 Å². The van der Waals surface area contributed by atoms with Crippen LogP contribution in [0.15, 0.2) is 16.6 Å². The van der Waals surface area contributed by atoms with Gasteiger partial charge in [0.2, 0.25) is 5.91 Å². The molecule has 110 valence electrons. The number of amides is 1. The molecule has 20 heavy (non-hydrogen) atoms. The minimum Gasteiger partial charge on any atom is -0.326 e. The minimum absolute atomic E-state index is 0.158. The van der Waals surface area contributed by atoms with E-state index in [4.69, 9.17) is 0 Å². The highest BCUT2D eigenvalue weighted by atomic mass is 79.9. The van der Waals surface area contributed by atoms with Crippen LogP contribution in [0.5, 0.6) is 0 Å². The fourth-order valence-electron chi connectivity index (χ4n) is 3.02. The number of hydrogen-bond acceptors (Lipinski definition) is 2. The van der Waals surface area contributed by atoms with Gasteiger partial charge in [-0.05, 0) is 56.5 Å². The predicted molar refractivity (Wildman–Crippen MR) is 87.1 cm³/mol. The molecule has 1 saturated heterocycles. The summed E-state index contributed by atoms with van der Waals surface area (Å²) in [6.45, 7) is 7.96. The molecule has 1 aromatic carbocycles. The van der Waals surface area contributed by atoms with E-state index in [2.05, 4.69) is 33.5 Å². The molecular weight excluding hydrogens is 316 g/mol. The Labute approximate surface area is 129 Å². The van der Waals surface area contributed by atoms with Crippen LogP contribution in [0.1, 0.15) is 37.3 Å². The van der Waals surface area contributed by atoms with E-state index in [0.29, 0.717) is 0 Å². The summed E-state index contributed by atoms with van der Waals surface area (Å²) >= 11 is 3.56. The van der Waals surface area contributed by atoms with Crippen LogP contribution in [0.3, 0.4) is 0 Å². The fourth-order valence-corrected chi connectivity index (χ4v) is 3.25. The van der Waals surface area contributed by atoms with Gasteiger partial charge in [-0.3, -0.25) is 4.79 Å². The van der Waals surface area contributed by atoms with Gasteiger partial charge in [0.15, 0.2) is 0 Å². The minimum atomic E-state index is -0.233. The van der Waals surface area contributed by atoms with Crippen molar-refractivity contribution < 1.29 is 4.79 Å². The monoisotopic (exact) mass is 338 g/mol. The zero-order valence-electron chi connectivity index (χ0n) is 12.5. The van der Waals surface area contributed by atoms with Gasteiger partial charge in [-0.15, -0.1) is 0 Å². The van der Waals surface area contributed by atoms with Crippen molar-refractivity contribution in [3.05, 3.63) is 27.7 Å². The molecule has 1 aromatic rings. The number of anilines is 1. The van der Waals surface area contributed by atoms with Gasteiger partial charge in [0, 0.05) is 16.7 Å². The Kier molecular flexibility index (Phi) is 4.86. The maximum absolute atomic E-state index is 12.7. The summed E-state index contributed by atoms with van der Waals surface area (Å²) in [6.07, 6.45) is 2.91. The van der Waals surface area contributed by atoms with Crippen LogP contribution in [-0.2, 0) is 4.79 Å². The van der Waals surface area contributed by atoms with Gasteiger partial charge in [-0.2, -0.15) is 0 Å². The lowest BCUT2D eigenvalue weighted by Crippen LogP contribution is -2.38. The molecule has 1 amide bonds. The van der Waals surface area contributed by atoms with Gasteiger partial charge >= 0.3 is 0 Å². The van der Waals surface area contributed by atoms with E-state index in [9.17, 15) is 4.79 Å². The average molecular weight is 339 g/mol. The Morgan fingerprint density at radius 2 is 2.05 bits per heavy atom. The molecule has 2 rings (SSSR count). The third kappa shape index (κ3) is 3.07. The summed E-state index contributed by atoms with van der Waals surface area (Å²) in [6, 6.07) is 4.05. The van der Waals surface area contributed by atoms with E-state index in [1.165, 1.54) is 0 Å². The first-order valence-electron chi connectivity index (χ1n) is 7.27. The molecule has 1 aliphatic rings. The smallest absolute Gasteiger partial charge is 0.231 e. The number of halogens is 1. The molecule has 1 unspecified atom stereocenters. The fraction of sp³-hybridized carbons (Fsp3) is 0.562. The summed E-state index contributed by atoms with van der Waals surface area (Å²) in [7, 11) is 0. The highest BCUT2D eigenvalue weighted by Crippen LogP contribution is 2.33. The number of hydrogen-bond donors (Lipinski definition) is 2. The van der Waals surface area contributed by atoms with E-state index in [0.717, 1.165) is 53.6 Å².